The van der Waals surface area contributed by atoms with Crippen LogP contribution in [0.4, 0.5) is 0 Å². The molecule has 0 radical (unpaired) electrons. The molecule has 0 bridgehead atoms. The van der Waals surface area contributed by atoms with Gasteiger partial charge in [0.05, 0.1) is 11.6 Å². The van der Waals surface area contributed by atoms with Crippen molar-refractivity contribution in [2.24, 2.45) is 5.84 Å². The Morgan fingerprint density at radius 2 is 2.29 bits per heavy atom. The number of hydrazine groups is 1. The number of rotatable bonds is 6. The molecule has 1 rings (SSSR count). The molecule has 1 aliphatic carbocycles. The molecule has 14 heavy (non-hydrogen) atoms. The normalized spacial score (nSPS) is 21.4. The summed E-state index contributed by atoms with van der Waals surface area (Å²) < 4.78 is 5.59. The quantitative estimate of drug-likeness (QED) is 0.388. The predicted molar refractivity (Wildman–Crippen MR) is 58.8 cm³/mol. The highest BCUT2D eigenvalue weighted by Crippen LogP contribution is 2.39. The summed E-state index contributed by atoms with van der Waals surface area (Å²) in [6.45, 7) is 6.14. The summed E-state index contributed by atoms with van der Waals surface area (Å²) in [5.74, 6) is 5.58. The van der Waals surface area contributed by atoms with Crippen molar-refractivity contribution in [1.29, 1.82) is 0 Å². The fraction of sp³-hybridized carbons (Fsp3) is 0.818. The maximum Gasteiger partial charge on any atom is 0.0847 e. The third kappa shape index (κ3) is 2.16. The molecule has 1 saturated carbocycles. The van der Waals surface area contributed by atoms with Crippen molar-refractivity contribution in [3.8, 4) is 0 Å². The van der Waals surface area contributed by atoms with Gasteiger partial charge < -0.3 is 4.74 Å². The van der Waals surface area contributed by atoms with Gasteiger partial charge in [-0.1, -0.05) is 19.1 Å². The molecule has 1 fully saturated rings. The summed E-state index contributed by atoms with van der Waals surface area (Å²) in [4.78, 5) is 0. The van der Waals surface area contributed by atoms with Crippen LogP contribution in [0.15, 0.2) is 12.2 Å². The Balaban J connectivity index is 2.55. The van der Waals surface area contributed by atoms with Crippen LogP contribution in [0.2, 0.25) is 0 Å². The van der Waals surface area contributed by atoms with E-state index in [0.717, 1.165) is 25.7 Å². The molecule has 0 aliphatic heterocycles. The summed E-state index contributed by atoms with van der Waals surface area (Å²) in [5, 5.41) is 0. The van der Waals surface area contributed by atoms with Gasteiger partial charge in [0, 0.05) is 7.11 Å². The van der Waals surface area contributed by atoms with Crippen LogP contribution >= 0.6 is 0 Å². The lowest BCUT2D eigenvalue weighted by Gasteiger charge is -2.46. The van der Waals surface area contributed by atoms with Gasteiger partial charge in [-0.15, -0.1) is 0 Å². The van der Waals surface area contributed by atoms with Gasteiger partial charge in [0.1, 0.15) is 0 Å². The van der Waals surface area contributed by atoms with Crippen LogP contribution in [0.1, 0.15) is 39.0 Å². The molecule has 0 spiro atoms. The van der Waals surface area contributed by atoms with Gasteiger partial charge in [-0.3, -0.25) is 11.3 Å². The number of nitrogens with two attached hydrogens (primary N) is 1. The van der Waals surface area contributed by atoms with Crippen LogP contribution in [0.25, 0.3) is 0 Å². The van der Waals surface area contributed by atoms with Gasteiger partial charge in [0.15, 0.2) is 0 Å². The Hall–Kier alpha value is -0.380. The van der Waals surface area contributed by atoms with Gasteiger partial charge in [-0.25, -0.2) is 0 Å². The fourth-order valence-corrected chi connectivity index (χ4v) is 2.05. The van der Waals surface area contributed by atoms with E-state index < -0.39 is 0 Å². The third-order valence-corrected chi connectivity index (χ3v) is 3.44. The van der Waals surface area contributed by atoms with Gasteiger partial charge in [-0.2, -0.15) is 0 Å². The van der Waals surface area contributed by atoms with Crippen molar-refractivity contribution in [3.63, 3.8) is 0 Å². The van der Waals surface area contributed by atoms with E-state index in [0.29, 0.717) is 0 Å². The molecular weight excluding hydrogens is 176 g/mol. The summed E-state index contributed by atoms with van der Waals surface area (Å²) in [6, 6.07) is 0.216. The smallest absolute Gasteiger partial charge is 0.0847 e. The van der Waals surface area contributed by atoms with Gasteiger partial charge in [0.2, 0.25) is 0 Å². The molecule has 0 aromatic heterocycles. The van der Waals surface area contributed by atoms with E-state index >= 15 is 0 Å². The Morgan fingerprint density at radius 1 is 1.64 bits per heavy atom. The second-order valence-corrected chi connectivity index (χ2v) is 4.15. The van der Waals surface area contributed by atoms with Crippen LogP contribution in [-0.4, -0.2) is 18.8 Å². The minimum Gasteiger partial charge on any atom is -0.377 e. The summed E-state index contributed by atoms with van der Waals surface area (Å²) >= 11 is 0. The molecule has 0 heterocycles. The van der Waals surface area contributed by atoms with Crippen molar-refractivity contribution in [3.05, 3.63) is 12.2 Å². The van der Waals surface area contributed by atoms with Crippen molar-refractivity contribution in [2.75, 3.05) is 7.11 Å². The zero-order valence-corrected chi connectivity index (χ0v) is 9.31. The van der Waals surface area contributed by atoms with E-state index in [1.54, 1.807) is 7.11 Å². The number of hydrogen-bond acceptors (Lipinski definition) is 3. The Labute approximate surface area is 86.7 Å². The average Bonchev–Trinajstić information content (AvgIpc) is 2.15. The SMILES string of the molecule is C=C(CC)CC(NN)C1(OC)CCC1. The average molecular weight is 198 g/mol. The van der Waals surface area contributed by atoms with E-state index in [1.165, 1.54) is 12.0 Å². The van der Waals surface area contributed by atoms with Crippen LogP contribution in [0.3, 0.4) is 0 Å². The molecule has 82 valence electrons. The largest absolute Gasteiger partial charge is 0.377 e. The zero-order valence-electron chi connectivity index (χ0n) is 9.31. The maximum absolute atomic E-state index is 5.59. The molecule has 0 saturated heterocycles. The molecule has 3 N–H and O–H groups in total. The molecule has 0 aromatic rings. The Morgan fingerprint density at radius 3 is 2.57 bits per heavy atom. The van der Waals surface area contributed by atoms with E-state index in [1.807, 2.05) is 0 Å². The maximum atomic E-state index is 5.59. The second-order valence-electron chi connectivity index (χ2n) is 4.15. The summed E-state index contributed by atoms with van der Waals surface area (Å²) in [7, 11) is 1.78. The molecule has 0 amide bonds. The first kappa shape index (κ1) is 11.7. The summed E-state index contributed by atoms with van der Waals surface area (Å²) in [5.41, 5.74) is 4.07. The first-order valence-corrected chi connectivity index (χ1v) is 5.36. The minimum absolute atomic E-state index is 0.0349. The highest BCUT2D eigenvalue weighted by Gasteiger charge is 2.43. The molecule has 1 unspecified atom stereocenters. The molecule has 0 aromatic carbocycles. The topological polar surface area (TPSA) is 47.3 Å². The first-order valence-electron chi connectivity index (χ1n) is 5.36. The van der Waals surface area contributed by atoms with Crippen molar-refractivity contribution in [1.82, 2.24) is 5.43 Å². The van der Waals surface area contributed by atoms with E-state index in [2.05, 4.69) is 18.9 Å². The van der Waals surface area contributed by atoms with Gasteiger partial charge >= 0.3 is 0 Å². The van der Waals surface area contributed by atoms with Crippen molar-refractivity contribution in [2.45, 2.75) is 50.7 Å². The Kier molecular flexibility index (Phi) is 4.11. The molecular formula is C11H22N2O. The van der Waals surface area contributed by atoms with E-state index in [-0.39, 0.29) is 11.6 Å². The molecule has 3 nitrogen and oxygen atoms in total. The highest BCUT2D eigenvalue weighted by molar-refractivity contribution is 5.06. The highest BCUT2D eigenvalue weighted by atomic mass is 16.5. The second kappa shape index (κ2) is 4.91. The van der Waals surface area contributed by atoms with Crippen molar-refractivity contribution < 1.29 is 4.74 Å². The van der Waals surface area contributed by atoms with Crippen LogP contribution in [0, 0.1) is 0 Å². The number of ether oxygens (including phenoxy) is 1. The lowest BCUT2D eigenvalue weighted by molar-refractivity contribution is -0.0982. The third-order valence-electron chi connectivity index (χ3n) is 3.44. The lowest BCUT2D eigenvalue weighted by atomic mass is 9.73. The molecule has 3 heteroatoms. The zero-order chi connectivity index (χ0) is 10.6. The van der Waals surface area contributed by atoms with E-state index in [4.69, 9.17) is 10.6 Å². The van der Waals surface area contributed by atoms with Crippen LogP contribution < -0.4 is 11.3 Å². The monoisotopic (exact) mass is 198 g/mol. The lowest BCUT2D eigenvalue weighted by Crippen LogP contribution is -2.58. The standard InChI is InChI=1S/C11H22N2O/c1-4-9(2)8-10(13-12)11(14-3)6-5-7-11/h10,13H,2,4-8,12H2,1,3H3. The molecule has 1 aliphatic rings. The molecule has 1 atom stereocenters. The Bertz CT molecular complexity index is 194. The van der Waals surface area contributed by atoms with Crippen molar-refractivity contribution >= 4 is 0 Å². The number of hydrogen-bond donors (Lipinski definition) is 2. The first-order chi connectivity index (χ1) is 6.68. The van der Waals surface area contributed by atoms with E-state index in [9.17, 15) is 0 Å². The summed E-state index contributed by atoms with van der Waals surface area (Å²) in [6.07, 6.45) is 5.38. The minimum atomic E-state index is -0.0349. The van der Waals surface area contributed by atoms with Gasteiger partial charge in [-0.05, 0) is 32.1 Å². The fourth-order valence-electron chi connectivity index (χ4n) is 2.05. The van der Waals surface area contributed by atoms with Crippen LogP contribution in [0.5, 0.6) is 0 Å². The predicted octanol–water partition coefficient (Wildman–Crippen LogP) is 1.74. The van der Waals surface area contributed by atoms with Crippen LogP contribution in [-0.2, 0) is 4.74 Å². The number of methoxy groups -OCH3 is 1. The number of nitrogens with one attached hydrogen (secondary N) is 1. The van der Waals surface area contributed by atoms with Gasteiger partial charge in [0.25, 0.3) is 0 Å².